The predicted molar refractivity (Wildman–Crippen MR) is 56.9 cm³/mol. The fourth-order valence-corrected chi connectivity index (χ4v) is 1.68. The first-order valence-electron chi connectivity index (χ1n) is 5.32. The highest BCUT2D eigenvalue weighted by Crippen LogP contribution is 2.06. The fraction of sp³-hybridized carbons (Fsp3) is 0.900. The zero-order valence-corrected chi connectivity index (χ0v) is 9.20. The molecule has 2 N–H and O–H groups in total. The van der Waals surface area contributed by atoms with E-state index in [4.69, 9.17) is 5.73 Å². The van der Waals surface area contributed by atoms with Gasteiger partial charge in [-0.3, -0.25) is 4.79 Å². The topological polar surface area (TPSA) is 49.6 Å². The van der Waals surface area contributed by atoms with Gasteiger partial charge in [0.05, 0.1) is 0 Å². The largest absolute Gasteiger partial charge is 0.341 e. The van der Waals surface area contributed by atoms with Gasteiger partial charge in [-0.1, -0.05) is 6.92 Å². The highest BCUT2D eigenvalue weighted by atomic mass is 16.2. The van der Waals surface area contributed by atoms with Crippen molar-refractivity contribution < 1.29 is 4.79 Å². The quantitative estimate of drug-likeness (QED) is 0.667. The molecule has 0 aromatic heterocycles. The number of nitrogens with two attached hydrogens (primary N) is 1. The number of nitrogens with zero attached hydrogens (tertiary/aromatic N) is 2. The molecular formula is C10H21N3O. The summed E-state index contributed by atoms with van der Waals surface area (Å²) in [6.07, 6.45) is 1.07. The maximum atomic E-state index is 11.8. The average molecular weight is 199 g/mol. The van der Waals surface area contributed by atoms with Crippen molar-refractivity contribution in [3.8, 4) is 0 Å². The molecule has 14 heavy (non-hydrogen) atoms. The molecule has 1 aliphatic heterocycles. The zero-order valence-electron chi connectivity index (χ0n) is 9.20. The molecule has 1 unspecified atom stereocenters. The SMILES string of the molecule is CC(CN)C(=O)N1CCCN(C)CC1. The summed E-state index contributed by atoms with van der Waals surface area (Å²) >= 11 is 0. The minimum atomic E-state index is -0.0293. The summed E-state index contributed by atoms with van der Waals surface area (Å²) < 4.78 is 0. The summed E-state index contributed by atoms with van der Waals surface area (Å²) in [6.45, 7) is 6.14. The van der Waals surface area contributed by atoms with Gasteiger partial charge in [0.15, 0.2) is 0 Å². The van der Waals surface area contributed by atoms with Crippen LogP contribution in [0.15, 0.2) is 0 Å². The summed E-state index contributed by atoms with van der Waals surface area (Å²) in [6, 6.07) is 0. The Balaban J connectivity index is 2.47. The number of rotatable bonds is 2. The molecule has 0 aliphatic carbocycles. The van der Waals surface area contributed by atoms with Crippen LogP contribution in [0.4, 0.5) is 0 Å². The van der Waals surface area contributed by atoms with Crippen LogP contribution in [0.3, 0.4) is 0 Å². The highest BCUT2D eigenvalue weighted by molar-refractivity contribution is 5.78. The van der Waals surface area contributed by atoms with Crippen molar-refractivity contribution in [1.82, 2.24) is 9.80 Å². The van der Waals surface area contributed by atoms with Crippen molar-refractivity contribution in [2.45, 2.75) is 13.3 Å². The second-order valence-corrected chi connectivity index (χ2v) is 4.12. The van der Waals surface area contributed by atoms with E-state index in [0.29, 0.717) is 6.54 Å². The van der Waals surface area contributed by atoms with Crippen molar-refractivity contribution in [2.75, 3.05) is 39.8 Å². The first-order chi connectivity index (χ1) is 6.65. The molecule has 4 nitrogen and oxygen atoms in total. The second-order valence-electron chi connectivity index (χ2n) is 4.12. The van der Waals surface area contributed by atoms with Gasteiger partial charge < -0.3 is 15.5 Å². The summed E-state index contributed by atoms with van der Waals surface area (Å²) in [5.74, 6) is 0.182. The molecule has 1 heterocycles. The number of likely N-dealkylation sites (N-methyl/N-ethyl adjacent to an activating group) is 1. The molecule has 0 bridgehead atoms. The number of hydrogen-bond acceptors (Lipinski definition) is 3. The van der Waals surface area contributed by atoms with E-state index in [1.165, 1.54) is 0 Å². The third-order valence-electron chi connectivity index (χ3n) is 2.81. The van der Waals surface area contributed by atoms with E-state index >= 15 is 0 Å². The Morgan fingerprint density at radius 2 is 2.07 bits per heavy atom. The normalized spacial score (nSPS) is 21.8. The van der Waals surface area contributed by atoms with Crippen molar-refractivity contribution in [1.29, 1.82) is 0 Å². The molecule has 0 saturated carbocycles. The summed E-state index contributed by atoms with van der Waals surface area (Å²) in [7, 11) is 2.10. The minimum absolute atomic E-state index is 0.0293. The molecule has 1 saturated heterocycles. The van der Waals surface area contributed by atoms with Crippen LogP contribution >= 0.6 is 0 Å². The van der Waals surface area contributed by atoms with Crippen molar-refractivity contribution in [2.24, 2.45) is 11.7 Å². The zero-order chi connectivity index (χ0) is 10.6. The lowest BCUT2D eigenvalue weighted by Crippen LogP contribution is -2.40. The van der Waals surface area contributed by atoms with Crippen LogP contribution in [0.25, 0.3) is 0 Å². The van der Waals surface area contributed by atoms with Crippen LogP contribution in [0, 0.1) is 5.92 Å². The summed E-state index contributed by atoms with van der Waals surface area (Å²) in [4.78, 5) is 16.0. The lowest BCUT2D eigenvalue weighted by atomic mass is 10.1. The number of carbonyl (C=O) groups excluding carboxylic acids is 1. The Hall–Kier alpha value is -0.610. The van der Waals surface area contributed by atoms with E-state index in [2.05, 4.69) is 11.9 Å². The molecule has 1 atom stereocenters. The first kappa shape index (κ1) is 11.5. The number of carbonyl (C=O) groups is 1. The molecule has 1 amide bonds. The maximum absolute atomic E-state index is 11.8. The van der Waals surface area contributed by atoms with Gasteiger partial charge in [-0.25, -0.2) is 0 Å². The van der Waals surface area contributed by atoms with E-state index in [0.717, 1.165) is 32.6 Å². The van der Waals surface area contributed by atoms with E-state index in [1.807, 2.05) is 11.8 Å². The van der Waals surface area contributed by atoms with Gasteiger partial charge in [0.1, 0.15) is 0 Å². The smallest absolute Gasteiger partial charge is 0.226 e. The lowest BCUT2D eigenvalue weighted by molar-refractivity contribution is -0.134. The molecule has 4 heteroatoms. The number of amides is 1. The van der Waals surface area contributed by atoms with Crippen molar-refractivity contribution >= 4 is 5.91 Å². The Kier molecular flexibility index (Phi) is 4.35. The second kappa shape index (κ2) is 5.32. The van der Waals surface area contributed by atoms with E-state index in [-0.39, 0.29) is 11.8 Å². The van der Waals surface area contributed by atoms with Crippen LogP contribution in [-0.2, 0) is 4.79 Å². The van der Waals surface area contributed by atoms with Gasteiger partial charge in [-0.15, -0.1) is 0 Å². The van der Waals surface area contributed by atoms with Gasteiger partial charge in [0.2, 0.25) is 5.91 Å². The van der Waals surface area contributed by atoms with E-state index < -0.39 is 0 Å². The molecule has 82 valence electrons. The molecule has 1 aliphatic rings. The van der Waals surface area contributed by atoms with E-state index in [1.54, 1.807) is 0 Å². The van der Waals surface area contributed by atoms with Gasteiger partial charge in [-0.2, -0.15) is 0 Å². The van der Waals surface area contributed by atoms with Gasteiger partial charge in [0.25, 0.3) is 0 Å². The van der Waals surface area contributed by atoms with Gasteiger partial charge >= 0.3 is 0 Å². The van der Waals surface area contributed by atoms with Crippen LogP contribution in [-0.4, -0.2) is 55.5 Å². The maximum Gasteiger partial charge on any atom is 0.226 e. The Morgan fingerprint density at radius 1 is 1.36 bits per heavy atom. The molecule has 1 rings (SSSR count). The Morgan fingerprint density at radius 3 is 2.71 bits per heavy atom. The fourth-order valence-electron chi connectivity index (χ4n) is 1.68. The first-order valence-corrected chi connectivity index (χ1v) is 5.32. The summed E-state index contributed by atoms with van der Waals surface area (Å²) in [5.41, 5.74) is 5.49. The lowest BCUT2D eigenvalue weighted by Gasteiger charge is -2.23. The molecule has 0 aromatic carbocycles. The molecule has 0 aromatic rings. The van der Waals surface area contributed by atoms with Crippen molar-refractivity contribution in [3.63, 3.8) is 0 Å². The monoisotopic (exact) mass is 199 g/mol. The van der Waals surface area contributed by atoms with Gasteiger partial charge in [-0.05, 0) is 20.0 Å². The van der Waals surface area contributed by atoms with Crippen molar-refractivity contribution in [3.05, 3.63) is 0 Å². The third kappa shape index (κ3) is 2.96. The third-order valence-corrected chi connectivity index (χ3v) is 2.81. The molecule has 0 spiro atoms. The molecule has 1 fully saturated rings. The summed E-state index contributed by atoms with van der Waals surface area (Å²) in [5, 5.41) is 0. The van der Waals surface area contributed by atoms with Gasteiger partial charge in [0, 0.05) is 32.1 Å². The standard InChI is InChI=1S/C10H21N3O/c1-9(8-11)10(14)13-5-3-4-12(2)6-7-13/h9H,3-8,11H2,1-2H3. The van der Waals surface area contributed by atoms with Crippen LogP contribution in [0.5, 0.6) is 0 Å². The highest BCUT2D eigenvalue weighted by Gasteiger charge is 2.21. The number of hydrogen-bond donors (Lipinski definition) is 1. The average Bonchev–Trinajstić information content (AvgIpc) is 2.40. The Labute approximate surface area is 86.0 Å². The van der Waals surface area contributed by atoms with E-state index in [9.17, 15) is 4.79 Å². The molecule has 0 radical (unpaired) electrons. The molecular weight excluding hydrogens is 178 g/mol. The minimum Gasteiger partial charge on any atom is -0.341 e. The predicted octanol–water partition coefficient (Wildman–Crippen LogP) is -0.255. The van der Waals surface area contributed by atoms with Crippen LogP contribution in [0.2, 0.25) is 0 Å². The Bertz CT molecular complexity index is 196. The van der Waals surface area contributed by atoms with Crippen LogP contribution in [0.1, 0.15) is 13.3 Å². The van der Waals surface area contributed by atoms with Crippen LogP contribution < -0.4 is 5.73 Å².